The molecule has 7 N–H and O–H groups in total. The van der Waals surface area contributed by atoms with Crippen LogP contribution >= 0.6 is 0 Å². The van der Waals surface area contributed by atoms with Crippen molar-refractivity contribution in [3.63, 3.8) is 0 Å². The van der Waals surface area contributed by atoms with Gasteiger partial charge in [0, 0.05) is 49.4 Å². The minimum Gasteiger partial charge on any atom is -0.508 e. The smallest absolute Gasteiger partial charge is 0.255 e. The Morgan fingerprint density at radius 3 is 2.31 bits per heavy atom. The summed E-state index contributed by atoms with van der Waals surface area (Å²) < 4.78 is 0. The molecule has 1 aromatic rings. The Kier molecular flexibility index (Phi) is 7.66. The molecule has 0 aromatic heterocycles. The van der Waals surface area contributed by atoms with Crippen molar-refractivity contribution < 1.29 is 34.8 Å². The Morgan fingerprint density at radius 2 is 1.74 bits per heavy atom. The van der Waals surface area contributed by atoms with Crippen LogP contribution in [-0.2, 0) is 27.3 Å². The van der Waals surface area contributed by atoms with E-state index >= 15 is 0 Å². The number of carbonyl (C=O) groups excluding carboxylic acids is 3. The molecule has 1 amide bonds. The predicted molar refractivity (Wildman–Crippen MR) is 157 cm³/mol. The lowest BCUT2D eigenvalue weighted by atomic mass is 9.57. The van der Waals surface area contributed by atoms with Gasteiger partial charge < -0.3 is 36.4 Å². The Balaban J connectivity index is 1.62. The molecule has 1 aromatic carbocycles. The number of rotatable bonds is 6. The number of nitrogens with zero attached hydrogens (tertiary/aromatic N) is 2. The number of anilines is 1. The number of primary amides is 1. The third kappa shape index (κ3) is 4.49. The van der Waals surface area contributed by atoms with Gasteiger partial charge in [-0.05, 0) is 76.1 Å². The number of benzene rings is 1. The van der Waals surface area contributed by atoms with Crippen LogP contribution in [0.25, 0.3) is 5.76 Å². The predicted octanol–water partition coefficient (Wildman–Crippen LogP) is 1.70. The van der Waals surface area contributed by atoms with Crippen molar-refractivity contribution in [2.75, 3.05) is 33.1 Å². The number of likely N-dealkylation sites (N-methyl/N-ethyl adjacent to an activating group) is 1. The third-order valence-electron chi connectivity index (χ3n) is 9.86. The summed E-state index contributed by atoms with van der Waals surface area (Å²) >= 11 is 0. The number of phenols is 1. The molecular weight excluding hydrogens is 540 g/mol. The van der Waals surface area contributed by atoms with E-state index in [1.54, 1.807) is 14.1 Å². The van der Waals surface area contributed by atoms with E-state index in [0.717, 1.165) is 31.4 Å². The molecule has 0 saturated heterocycles. The van der Waals surface area contributed by atoms with Gasteiger partial charge in [0.25, 0.3) is 5.91 Å². The number of amides is 1. The molecule has 0 bridgehead atoms. The quantitative estimate of drug-likeness (QED) is 0.271. The first-order valence-electron chi connectivity index (χ1n) is 14.6. The number of aromatic hydroxyl groups is 1. The number of aliphatic hydroxyl groups is 3. The molecule has 4 aliphatic rings. The minimum atomic E-state index is -2.65. The highest BCUT2D eigenvalue weighted by Gasteiger charge is 2.64. The zero-order valence-electron chi connectivity index (χ0n) is 24.9. The zero-order valence-corrected chi connectivity index (χ0v) is 24.9. The Morgan fingerprint density at radius 1 is 1.10 bits per heavy atom. The van der Waals surface area contributed by atoms with Crippen LogP contribution in [0.1, 0.15) is 55.7 Å². The number of hydrogen-bond donors (Lipinski definition) is 6. The molecule has 4 atom stereocenters. The molecule has 0 radical (unpaired) electrons. The van der Waals surface area contributed by atoms with E-state index in [1.165, 1.54) is 4.90 Å². The lowest BCUT2D eigenvalue weighted by molar-refractivity contribution is -0.153. The summed E-state index contributed by atoms with van der Waals surface area (Å²) in [5.41, 5.74) is 3.90. The summed E-state index contributed by atoms with van der Waals surface area (Å²) in [7, 11) is 6.89. The van der Waals surface area contributed by atoms with Crippen molar-refractivity contribution in [1.82, 2.24) is 10.2 Å². The SMILES string of the molecule is CC1CCC(NCc2cc(N(C)C)c3c(c2O)C(O)=C2C(=O)[C@@]4(O)C(O)=C(C(N)=O)C(=O)C(N(C)C)[C@H]4C[C@H]2C3)CC1. The second kappa shape index (κ2) is 10.7. The van der Waals surface area contributed by atoms with Crippen LogP contribution in [0.4, 0.5) is 5.69 Å². The van der Waals surface area contributed by atoms with Gasteiger partial charge in [-0.25, -0.2) is 0 Å². The normalized spacial score (nSPS) is 31.2. The highest BCUT2D eigenvalue weighted by molar-refractivity contribution is 6.24. The van der Waals surface area contributed by atoms with Gasteiger partial charge >= 0.3 is 0 Å². The van der Waals surface area contributed by atoms with Crippen LogP contribution < -0.4 is 16.0 Å². The monoisotopic (exact) mass is 582 g/mol. The molecule has 2 saturated carbocycles. The van der Waals surface area contributed by atoms with Gasteiger partial charge in [0.1, 0.15) is 22.8 Å². The van der Waals surface area contributed by atoms with E-state index in [9.17, 15) is 34.8 Å². The number of fused-ring (bicyclic) bond motifs is 3. The van der Waals surface area contributed by atoms with Gasteiger partial charge in [-0.2, -0.15) is 0 Å². The average molecular weight is 583 g/mol. The standard InChI is InChI=1S/C31H42N4O7/c1-14-6-8-17(9-7-14)33-13-16-12-20(34(2)3)18-10-15-11-19-24(35(4)5)27(38)23(30(32)41)29(40)31(19,42)28(39)21(15)26(37)22(18)25(16)36/h12,14-15,17,19,24,33,36-37,40,42H,6-11,13H2,1-5H3,(H2,32,41)/t14?,15-,17?,19-,24?,31-/m1/s1. The Hall–Kier alpha value is -3.41. The van der Waals surface area contributed by atoms with E-state index in [4.69, 9.17) is 5.73 Å². The second-order valence-electron chi connectivity index (χ2n) is 13.0. The minimum absolute atomic E-state index is 0.0583. The van der Waals surface area contributed by atoms with E-state index in [0.29, 0.717) is 29.6 Å². The number of aliphatic hydroxyl groups excluding tert-OH is 2. The number of nitrogens with one attached hydrogen (secondary N) is 1. The summed E-state index contributed by atoms with van der Waals surface area (Å²) in [6, 6.07) is 1.10. The third-order valence-corrected chi connectivity index (χ3v) is 9.86. The van der Waals surface area contributed by atoms with Gasteiger partial charge in [-0.15, -0.1) is 0 Å². The summed E-state index contributed by atoms with van der Waals surface area (Å²) in [5.74, 6) is -5.75. The van der Waals surface area contributed by atoms with Gasteiger partial charge in [-0.1, -0.05) is 6.92 Å². The van der Waals surface area contributed by atoms with Crippen molar-refractivity contribution in [1.29, 1.82) is 0 Å². The van der Waals surface area contributed by atoms with Gasteiger partial charge in [0.15, 0.2) is 11.4 Å². The second-order valence-corrected chi connectivity index (χ2v) is 13.0. The molecule has 228 valence electrons. The van der Waals surface area contributed by atoms with E-state index in [1.807, 2.05) is 25.1 Å². The number of carbonyl (C=O) groups is 3. The molecule has 11 heteroatoms. The zero-order chi connectivity index (χ0) is 30.8. The fourth-order valence-electron chi connectivity index (χ4n) is 7.60. The van der Waals surface area contributed by atoms with Crippen molar-refractivity contribution in [2.45, 2.75) is 69.7 Å². The topological polar surface area (TPSA) is 177 Å². The number of hydrogen-bond acceptors (Lipinski definition) is 10. The lowest BCUT2D eigenvalue weighted by Crippen LogP contribution is -2.65. The summed E-state index contributed by atoms with van der Waals surface area (Å²) in [6.07, 6.45) is 4.66. The summed E-state index contributed by atoms with van der Waals surface area (Å²) in [5, 5.41) is 49.5. The number of nitrogens with two attached hydrogens (primary N) is 1. The first-order valence-corrected chi connectivity index (χ1v) is 14.6. The molecule has 4 aliphatic carbocycles. The summed E-state index contributed by atoms with van der Waals surface area (Å²) in [4.78, 5) is 43.0. The fraction of sp³-hybridized carbons (Fsp3) is 0.581. The average Bonchev–Trinajstić information content (AvgIpc) is 2.90. The van der Waals surface area contributed by atoms with Crippen molar-refractivity contribution >= 4 is 28.9 Å². The molecule has 42 heavy (non-hydrogen) atoms. The first-order chi connectivity index (χ1) is 19.7. The summed E-state index contributed by atoms with van der Waals surface area (Å²) in [6.45, 7) is 2.61. The van der Waals surface area contributed by atoms with E-state index < -0.39 is 58.0 Å². The Labute approximate surface area is 245 Å². The van der Waals surface area contributed by atoms with Crippen LogP contribution in [0.2, 0.25) is 0 Å². The van der Waals surface area contributed by atoms with Crippen molar-refractivity contribution in [3.8, 4) is 5.75 Å². The number of ketones is 2. The van der Waals surface area contributed by atoms with Crippen LogP contribution in [0, 0.1) is 17.8 Å². The molecule has 2 fully saturated rings. The lowest BCUT2D eigenvalue weighted by Gasteiger charge is -2.50. The van der Waals surface area contributed by atoms with E-state index in [-0.39, 0.29) is 29.7 Å². The maximum absolute atomic E-state index is 14.1. The maximum atomic E-state index is 14.1. The maximum Gasteiger partial charge on any atom is 0.255 e. The van der Waals surface area contributed by atoms with Gasteiger partial charge in [0.2, 0.25) is 5.78 Å². The van der Waals surface area contributed by atoms with Crippen LogP contribution in [0.15, 0.2) is 23.0 Å². The van der Waals surface area contributed by atoms with Crippen LogP contribution in [0.5, 0.6) is 5.75 Å². The highest BCUT2D eigenvalue weighted by Crippen LogP contribution is 2.54. The molecule has 0 spiro atoms. The first kappa shape index (κ1) is 30.1. The molecule has 1 unspecified atom stereocenters. The fourth-order valence-corrected chi connectivity index (χ4v) is 7.60. The van der Waals surface area contributed by atoms with Crippen LogP contribution in [0.3, 0.4) is 0 Å². The van der Waals surface area contributed by atoms with Gasteiger partial charge in [0.05, 0.1) is 11.6 Å². The largest absolute Gasteiger partial charge is 0.508 e. The van der Waals surface area contributed by atoms with Crippen molar-refractivity contribution in [3.05, 3.63) is 39.7 Å². The molecule has 5 rings (SSSR count). The molecular formula is C31H42N4O7. The number of Topliss-reactive ketones (excluding diaryl/α,β-unsaturated/α-hetero) is 2. The van der Waals surface area contributed by atoms with Crippen LogP contribution in [-0.4, -0.2) is 88.7 Å². The van der Waals surface area contributed by atoms with E-state index in [2.05, 4.69) is 12.2 Å². The molecule has 0 aliphatic heterocycles. The molecule has 0 heterocycles. The van der Waals surface area contributed by atoms with Gasteiger partial charge in [-0.3, -0.25) is 19.3 Å². The molecule has 11 nitrogen and oxygen atoms in total. The highest BCUT2D eigenvalue weighted by atomic mass is 16.3. The number of phenolic OH excluding ortho intramolecular Hbond substituents is 1. The Bertz CT molecular complexity index is 1410. The van der Waals surface area contributed by atoms with Crippen molar-refractivity contribution in [2.24, 2.45) is 23.5 Å².